The van der Waals surface area contributed by atoms with Crippen LogP contribution in [0.4, 0.5) is 0 Å². The van der Waals surface area contributed by atoms with Crippen molar-refractivity contribution in [3.63, 3.8) is 0 Å². The number of hydrogen-bond acceptors (Lipinski definition) is 2. The third-order valence-electron chi connectivity index (χ3n) is 2.71. The molecular weight excluding hydrogens is 212 g/mol. The molecule has 0 heterocycles. The molecule has 0 N–H and O–H groups in total. The summed E-state index contributed by atoms with van der Waals surface area (Å²) < 4.78 is 0.292. The van der Waals surface area contributed by atoms with E-state index in [2.05, 4.69) is 45.7 Å². The molecule has 13 heavy (non-hydrogen) atoms. The van der Waals surface area contributed by atoms with E-state index in [1.54, 1.807) is 0 Å². The lowest BCUT2D eigenvalue weighted by Gasteiger charge is -2.27. The van der Waals surface area contributed by atoms with Crippen LogP contribution in [0.3, 0.4) is 0 Å². The number of rotatable bonds is 7. The molecule has 0 fully saturated rings. The molecule has 0 amide bonds. The van der Waals surface area contributed by atoms with E-state index >= 15 is 0 Å². The van der Waals surface area contributed by atoms with Crippen molar-refractivity contribution in [2.45, 2.75) is 62.4 Å². The summed E-state index contributed by atoms with van der Waals surface area (Å²) in [5.74, 6) is 0. The molecule has 0 aliphatic carbocycles. The van der Waals surface area contributed by atoms with Gasteiger partial charge in [-0.25, -0.2) is 0 Å². The van der Waals surface area contributed by atoms with Crippen molar-refractivity contribution in [2.75, 3.05) is 0 Å². The van der Waals surface area contributed by atoms with Gasteiger partial charge in [0.05, 0.1) is 8.07 Å². The van der Waals surface area contributed by atoms with E-state index in [0.29, 0.717) is 4.58 Å². The van der Waals surface area contributed by atoms with Crippen LogP contribution in [-0.4, -0.2) is 12.7 Å². The van der Waals surface area contributed by atoms with Gasteiger partial charge in [-0.1, -0.05) is 51.4 Å². The molecule has 0 aromatic rings. The Bertz CT molecular complexity index is 120. The number of thiol groups is 2. The predicted octanol–water partition coefficient (Wildman–Crippen LogP) is 4.46. The van der Waals surface area contributed by atoms with E-state index in [0.717, 1.165) is 0 Å². The fourth-order valence-electron chi connectivity index (χ4n) is 2.06. The summed E-state index contributed by atoms with van der Waals surface area (Å²) >= 11 is 8.67. The van der Waals surface area contributed by atoms with Crippen LogP contribution in [0.25, 0.3) is 0 Å². The van der Waals surface area contributed by atoms with Crippen LogP contribution in [0.5, 0.6) is 0 Å². The minimum Gasteiger partial charge on any atom is -0.165 e. The van der Waals surface area contributed by atoms with Crippen molar-refractivity contribution in [3.8, 4) is 0 Å². The van der Waals surface area contributed by atoms with Crippen LogP contribution < -0.4 is 0 Å². The summed E-state index contributed by atoms with van der Waals surface area (Å²) in [5, 5.41) is 0. The molecule has 0 aromatic heterocycles. The summed E-state index contributed by atoms with van der Waals surface area (Å²) in [6.07, 6.45) is 3.90. The molecular formula is C10H24S2Si. The molecule has 3 heteroatoms. The number of hydrogen-bond donors (Lipinski definition) is 2. The monoisotopic (exact) mass is 236 g/mol. The van der Waals surface area contributed by atoms with E-state index < -0.39 is 8.07 Å². The standard InChI is InChI=1S/C10H24S2Si/c1-4-7-13(3,8-5-2)9-6-10(11)12/h10-12H,4-9H2,1-3H3. The average Bonchev–Trinajstić information content (AvgIpc) is 2.02. The van der Waals surface area contributed by atoms with Crippen molar-refractivity contribution in [1.82, 2.24) is 0 Å². The lowest BCUT2D eigenvalue weighted by Crippen LogP contribution is -2.29. The van der Waals surface area contributed by atoms with Gasteiger partial charge < -0.3 is 0 Å². The van der Waals surface area contributed by atoms with Gasteiger partial charge in [-0.2, -0.15) is 25.3 Å². The summed E-state index contributed by atoms with van der Waals surface area (Å²) in [7, 11) is -0.910. The largest absolute Gasteiger partial charge is 0.165 e. The van der Waals surface area contributed by atoms with Gasteiger partial charge in [0.25, 0.3) is 0 Å². The maximum Gasteiger partial charge on any atom is 0.0505 e. The van der Waals surface area contributed by atoms with Crippen molar-refractivity contribution < 1.29 is 0 Å². The first-order valence-corrected chi connectivity index (χ1v) is 9.55. The Labute approximate surface area is 95.7 Å². The second kappa shape index (κ2) is 7.24. The fourth-order valence-corrected chi connectivity index (χ4v) is 6.95. The SMILES string of the molecule is CCC[Si](C)(CCC)CCC(S)S. The highest BCUT2D eigenvalue weighted by molar-refractivity contribution is 7.99. The Morgan fingerprint density at radius 3 is 1.77 bits per heavy atom. The van der Waals surface area contributed by atoms with Gasteiger partial charge in [-0.15, -0.1) is 0 Å². The average molecular weight is 237 g/mol. The molecule has 0 atom stereocenters. The Balaban J connectivity index is 3.91. The van der Waals surface area contributed by atoms with Crippen molar-refractivity contribution in [1.29, 1.82) is 0 Å². The van der Waals surface area contributed by atoms with Crippen molar-refractivity contribution in [2.24, 2.45) is 0 Å². The highest BCUT2D eigenvalue weighted by Crippen LogP contribution is 2.27. The van der Waals surface area contributed by atoms with Crippen LogP contribution in [0.1, 0.15) is 33.1 Å². The zero-order chi connectivity index (χ0) is 10.3. The maximum atomic E-state index is 4.33. The van der Waals surface area contributed by atoms with Crippen molar-refractivity contribution in [3.05, 3.63) is 0 Å². The molecule has 0 spiro atoms. The molecule has 0 unspecified atom stereocenters. The summed E-state index contributed by atoms with van der Waals surface area (Å²) in [6.45, 7) is 7.16. The first-order chi connectivity index (χ1) is 6.04. The van der Waals surface area contributed by atoms with Gasteiger partial charge in [0.2, 0.25) is 0 Å². The van der Waals surface area contributed by atoms with Gasteiger partial charge in [0, 0.05) is 4.58 Å². The molecule has 0 radical (unpaired) electrons. The minimum absolute atomic E-state index is 0.292. The van der Waals surface area contributed by atoms with Gasteiger partial charge in [0.15, 0.2) is 0 Å². The van der Waals surface area contributed by atoms with E-state index in [-0.39, 0.29) is 0 Å². The summed E-state index contributed by atoms with van der Waals surface area (Å²) in [4.78, 5) is 0. The smallest absolute Gasteiger partial charge is 0.0505 e. The third kappa shape index (κ3) is 6.92. The van der Waals surface area contributed by atoms with Gasteiger partial charge in [-0.05, 0) is 6.42 Å². The lowest BCUT2D eigenvalue weighted by molar-refractivity contribution is 0.924. The van der Waals surface area contributed by atoms with E-state index in [4.69, 9.17) is 0 Å². The Morgan fingerprint density at radius 1 is 1.00 bits per heavy atom. The second-order valence-electron chi connectivity index (χ2n) is 4.33. The molecule has 0 saturated heterocycles. The molecule has 0 aliphatic heterocycles. The van der Waals surface area contributed by atoms with E-state index in [1.165, 1.54) is 37.4 Å². The fraction of sp³-hybridized carbons (Fsp3) is 1.00. The molecule has 0 aliphatic rings. The molecule has 80 valence electrons. The van der Waals surface area contributed by atoms with Crippen LogP contribution in [0, 0.1) is 0 Å². The zero-order valence-corrected chi connectivity index (χ0v) is 12.0. The summed E-state index contributed by atoms with van der Waals surface area (Å²) in [6, 6.07) is 4.37. The van der Waals surface area contributed by atoms with Crippen LogP contribution in [0.15, 0.2) is 0 Å². The Hall–Kier alpha value is 0.917. The topological polar surface area (TPSA) is 0 Å². The highest BCUT2D eigenvalue weighted by atomic mass is 32.2. The van der Waals surface area contributed by atoms with Crippen LogP contribution >= 0.6 is 25.3 Å². The van der Waals surface area contributed by atoms with Gasteiger partial charge in [0.1, 0.15) is 0 Å². The third-order valence-corrected chi connectivity index (χ3v) is 8.14. The van der Waals surface area contributed by atoms with E-state index in [1.807, 2.05) is 0 Å². The summed E-state index contributed by atoms with van der Waals surface area (Å²) in [5.41, 5.74) is 0. The van der Waals surface area contributed by atoms with Crippen molar-refractivity contribution >= 4 is 33.3 Å². The van der Waals surface area contributed by atoms with Crippen LogP contribution in [-0.2, 0) is 0 Å². The van der Waals surface area contributed by atoms with E-state index in [9.17, 15) is 0 Å². The first-order valence-electron chi connectivity index (χ1n) is 5.40. The second-order valence-corrected chi connectivity index (χ2v) is 11.1. The molecule has 0 nitrogen and oxygen atoms in total. The first kappa shape index (κ1) is 13.9. The normalized spacial score (nSPS) is 12.5. The lowest BCUT2D eigenvalue weighted by atomic mass is 10.5. The highest BCUT2D eigenvalue weighted by Gasteiger charge is 2.24. The predicted molar refractivity (Wildman–Crippen MR) is 73.0 cm³/mol. The Kier molecular flexibility index (Phi) is 7.75. The minimum atomic E-state index is -0.910. The van der Waals surface area contributed by atoms with Gasteiger partial charge >= 0.3 is 0 Å². The van der Waals surface area contributed by atoms with Crippen LogP contribution in [0.2, 0.25) is 24.7 Å². The Morgan fingerprint density at radius 2 is 1.46 bits per heavy atom. The molecule has 0 rings (SSSR count). The molecule has 0 aromatic carbocycles. The van der Waals surface area contributed by atoms with Gasteiger partial charge in [-0.3, -0.25) is 0 Å². The molecule has 0 bridgehead atoms. The molecule has 0 saturated carbocycles. The quantitative estimate of drug-likeness (QED) is 0.364. The zero-order valence-electron chi connectivity index (χ0n) is 9.21. The maximum absolute atomic E-state index is 4.33.